The molecule has 96 valence electrons. The lowest BCUT2D eigenvalue weighted by Crippen LogP contribution is -2.04. The Morgan fingerprint density at radius 3 is 2.89 bits per heavy atom. The zero-order valence-electron chi connectivity index (χ0n) is 10.2. The van der Waals surface area contributed by atoms with Crippen molar-refractivity contribution in [2.75, 3.05) is 0 Å². The average molecular weight is 372 g/mol. The van der Waals surface area contributed by atoms with E-state index in [1.54, 1.807) is 6.08 Å². The summed E-state index contributed by atoms with van der Waals surface area (Å²) < 4.78 is 1.07. The van der Waals surface area contributed by atoms with Crippen LogP contribution in [0.3, 0.4) is 0 Å². The van der Waals surface area contributed by atoms with Gasteiger partial charge in [-0.25, -0.2) is 0 Å². The summed E-state index contributed by atoms with van der Waals surface area (Å²) in [4.78, 5) is 12.3. The summed E-state index contributed by atoms with van der Waals surface area (Å²) in [5.41, 5.74) is 2.16. The second-order valence-corrected chi connectivity index (χ2v) is 6.76. The highest BCUT2D eigenvalue weighted by Gasteiger charge is 2.12. The summed E-state index contributed by atoms with van der Waals surface area (Å²) in [6, 6.07) is 0. The number of carbonyl (C=O) groups is 1. The van der Waals surface area contributed by atoms with E-state index in [2.05, 4.69) is 50.1 Å². The van der Waals surface area contributed by atoms with Crippen molar-refractivity contribution in [3.05, 3.63) is 46.0 Å². The lowest BCUT2D eigenvalue weighted by Gasteiger charge is -2.12. The van der Waals surface area contributed by atoms with Gasteiger partial charge in [0.05, 0.1) is 0 Å². The van der Waals surface area contributed by atoms with Crippen molar-refractivity contribution < 1.29 is 4.79 Å². The van der Waals surface area contributed by atoms with Gasteiger partial charge in [0.15, 0.2) is 5.78 Å². The zero-order valence-corrected chi connectivity index (χ0v) is 13.3. The van der Waals surface area contributed by atoms with Crippen LogP contribution in [0.25, 0.3) is 0 Å². The van der Waals surface area contributed by atoms with Crippen LogP contribution in [-0.4, -0.2) is 10.6 Å². The average Bonchev–Trinajstić information content (AvgIpc) is 2.36. The van der Waals surface area contributed by atoms with Crippen molar-refractivity contribution in [3.63, 3.8) is 0 Å². The number of hydrogen-bond acceptors (Lipinski definition) is 1. The Kier molecular flexibility index (Phi) is 5.19. The Morgan fingerprint density at radius 1 is 1.39 bits per heavy atom. The molecule has 0 fully saturated rings. The van der Waals surface area contributed by atoms with E-state index < -0.39 is 0 Å². The van der Waals surface area contributed by atoms with Crippen LogP contribution < -0.4 is 0 Å². The van der Waals surface area contributed by atoms with Crippen LogP contribution in [-0.2, 0) is 4.79 Å². The van der Waals surface area contributed by atoms with Crippen molar-refractivity contribution in [3.8, 4) is 0 Å². The van der Waals surface area contributed by atoms with Gasteiger partial charge in [0, 0.05) is 9.31 Å². The SMILES string of the molecule is O=C(/C=C/C1=CC(Br)=CC(Br)C1)C1=CCCCC1. The summed E-state index contributed by atoms with van der Waals surface area (Å²) in [6.45, 7) is 0. The third-order valence-electron chi connectivity index (χ3n) is 3.15. The van der Waals surface area contributed by atoms with E-state index in [0.29, 0.717) is 4.83 Å². The van der Waals surface area contributed by atoms with Gasteiger partial charge in [-0.05, 0) is 55.4 Å². The number of allylic oxidation sites excluding steroid dienone is 8. The minimum atomic E-state index is 0.174. The predicted octanol–water partition coefficient (Wildman–Crippen LogP) is 4.98. The summed E-state index contributed by atoms with van der Waals surface area (Å²) in [5, 5.41) is 0. The molecule has 0 aromatic heterocycles. The van der Waals surface area contributed by atoms with E-state index in [1.165, 1.54) is 12.0 Å². The number of hydrogen-bond donors (Lipinski definition) is 0. The normalized spacial score (nSPS) is 24.6. The molecule has 0 saturated carbocycles. The van der Waals surface area contributed by atoms with Gasteiger partial charge in [-0.15, -0.1) is 0 Å². The molecule has 1 nitrogen and oxygen atoms in total. The molecule has 1 unspecified atom stereocenters. The molecule has 2 rings (SSSR count). The highest BCUT2D eigenvalue weighted by molar-refractivity contribution is 9.12. The molecular weight excluding hydrogens is 356 g/mol. The van der Waals surface area contributed by atoms with Crippen LogP contribution >= 0.6 is 31.9 Å². The lowest BCUT2D eigenvalue weighted by atomic mass is 9.95. The minimum absolute atomic E-state index is 0.174. The van der Waals surface area contributed by atoms with Gasteiger partial charge in [-0.3, -0.25) is 4.79 Å². The second-order valence-electron chi connectivity index (χ2n) is 4.66. The molecule has 2 aliphatic carbocycles. The molecule has 0 bridgehead atoms. The first-order valence-electron chi connectivity index (χ1n) is 6.28. The summed E-state index contributed by atoms with van der Waals surface area (Å²) in [6.07, 6.45) is 15.2. The molecule has 0 aromatic carbocycles. The molecule has 2 aliphatic rings. The number of ketones is 1. The Morgan fingerprint density at radius 2 is 2.22 bits per heavy atom. The second kappa shape index (κ2) is 6.67. The maximum Gasteiger partial charge on any atom is 0.181 e. The highest BCUT2D eigenvalue weighted by atomic mass is 79.9. The Bertz CT molecular complexity index is 455. The molecule has 0 N–H and O–H groups in total. The third kappa shape index (κ3) is 4.06. The summed E-state index contributed by atoms with van der Waals surface area (Å²) in [7, 11) is 0. The molecule has 3 heteroatoms. The molecule has 18 heavy (non-hydrogen) atoms. The number of rotatable bonds is 3. The van der Waals surface area contributed by atoms with Gasteiger partial charge in [0.25, 0.3) is 0 Å². The van der Waals surface area contributed by atoms with Crippen molar-refractivity contribution >= 4 is 37.6 Å². The highest BCUT2D eigenvalue weighted by Crippen LogP contribution is 2.27. The van der Waals surface area contributed by atoms with Gasteiger partial charge >= 0.3 is 0 Å². The van der Waals surface area contributed by atoms with E-state index in [1.807, 2.05) is 6.08 Å². The Balaban J connectivity index is 2.01. The van der Waals surface area contributed by atoms with Crippen molar-refractivity contribution in [2.24, 2.45) is 0 Å². The molecule has 0 radical (unpaired) electrons. The van der Waals surface area contributed by atoms with Crippen molar-refractivity contribution in [2.45, 2.75) is 36.9 Å². The van der Waals surface area contributed by atoms with Gasteiger partial charge in [-0.2, -0.15) is 0 Å². The van der Waals surface area contributed by atoms with Gasteiger partial charge in [0.2, 0.25) is 0 Å². The van der Waals surface area contributed by atoms with E-state index in [4.69, 9.17) is 0 Å². The molecule has 0 aliphatic heterocycles. The number of alkyl halides is 1. The fraction of sp³-hybridized carbons (Fsp3) is 0.400. The first kappa shape index (κ1) is 14.0. The van der Waals surface area contributed by atoms with E-state index in [0.717, 1.165) is 35.7 Å². The molecule has 0 saturated heterocycles. The Hall–Kier alpha value is -0.410. The van der Waals surface area contributed by atoms with Crippen LogP contribution in [0.1, 0.15) is 32.1 Å². The Labute approximate surface area is 125 Å². The minimum Gasteiger partial charge on any atom is -0.290 e. The quantitative estimate of drug-likeness (QED) is 0.504. The topological polar surface area (TPSA) is 17.1 Å². The van der Waals surface area contributed by atoms with E-state index in [-0.39, 0.29) is 5.78 Å². The lowest BCUT2D eigenvalue weighted by molar-refractivity contribution is -0.111. The molecule has 0 aromatic rings. The van der Waals surface area contributed by atoms with E-state index >= 15 is 0 Å². The van der Waals surface area contributed by atoms with Gasteiger partial charge in [-0.1, -0.05) is 50.1 Å². The summed E-state index contributed by atoms with van der Waals surface area (Å²) in [5.74, 6) is 0.174. The first-order chi connectivity index (χ1) is 8.65. The molecule has 0 spiro atoms. The van der Waals surface area contributed by atoms with Crippen LogP contribution in [0.15, 0.2) is 46.0 Å². The number of carbonyl (C=O) groups excluding carboxylic acids is 1. The number of halogens is 2. The van der Waals surface area contributed by atoms with Crippen LogP contribution in [0.4, 0.5) is 0 Å². The fourth-order valence-corrected chi connectivity index (χ4v) is 3.84. The largest absolute Gasteiger partial charge is 0.290 e. The monoisotopic (exact) mass is 370 g/mol. The van der Waals surface area contributed by atoms with Crippen LogP contribution in [0.2, 0.25) is 0 Å². The maximum atomic E-state index is 12.0. The molecule has 1 atom stereocenters. The third-order valence-corrected chi connectivity index (χ3v) is 4.23. The summed E-state index contributed by atoms with van der Waals surface area (Å²) >= 11 is 7.05. The van der Waals surface area contributed by atoms with Crippen molar-refractivity contribution in [1.29, 1.82) is 0 Å². The smallest absolute Gasteiger partial charge is 0.181 e. The fourth-order valence-electron chi connectivity index (χ4n) is 2.21. The maximum absolute atomic E-state index is 12.0. The molecule has 0 heterocycles. The van der Waals surface area contributed by atoms with Gasteiger partial charge < -0.3 is 0 Å². The van der Waals surface area contributed by atoms with Crippen LogP contribution in [0.5, 0.6) is 0 Å². The van der Waals surface area contributed by atoms with Crippen molar-refractivity contribution in [1.82, 2.24) is 0 Å². The standard InChI is InChI=1S/C15H16Br2O/c16-13-8-11(9-14(17)10-13)6-7-15(18)12-4-2-1-3-5-12/h4,6-8,10,14H,1-3,5,9H2/b7-6+. The van der Waals surface area contributed by atoms with E-state index in [9.17, 15) is 4.79 Å². The zero-order chi connectivity index (χ0) is 13.0. The molecular formula is C15H16Br2O. The van der Waals surface area contributed by atoms with Crippen LogP contribution in [0, 0.1) is 0 Å². The molecule has 0 amide bonds. The van der Waals surface area contributed by atoms with Gasteiger partial charge in [0.1, 0.15) is 0 Å². The first-order valence-corrected chi connectivity index (χ1v) is 7.99. The predicted molar refractivity (Wildman–Crippen MR) is 83.1 cm³/mol.